The first-order chi connectivity index (χ1) is 35.1. The summed E-state index contributed by atoms with van der Waals surface area (Å²) < 4.78 is 35.3. The minimum atomic E-state index is -0.557. The Labute approximate surface area is 428 Å². The van der Waals surface area contributed by atoms with Crippen LogP contribution < -0.4 is 14.5 Å². The molecule has 12 rings (SSSR count). The summed E-state index contributed by atoms with van der Waals surface area (Å²) in [4.78, 5) is 9.03. The third kappa shape index (κ3) is 8.27. The zero-order valence-electron chi connectivity index (χ0n) is 41.7. The monoisotopic (exact) mass is 1090 g/mol. The molecule has 0 unspecified atom stereocenters. The Hall–Kier alpha value is -7.98. The molecule has 3 heterocycles. The van der Waals surface area contributed by atoms with Gasteiger partial charge >= 0.3 is 0 Å². The van der Waals surface area contributed by atoms with Gasteiger partial charge in [-0.2, -0.15) is 12.1 Å². The minimum Gasteiger partial charge on any atom is -0.509 e. The molecule has 342 valence electrons. The van der Waals surface area contributed by atoms with Crippen molar-refractivity contribution in [2.24, 2.45) is 0 Å². The van der Waals surface area contributed by atoms with E-state index < -0.39 is 5.41 Å². The standard InChI is InChI=1S/C64H47N4O.Pt/c1-64(2,3)50-36-37-65-62(40-50)68-58-31-11-10-28-56(58)57-35-34-53(42-61(57)68)69-52-27-16-26-51(41-52)66-43-67(60-33-13-12-32-59(60)66)63-54(48-24-14-22-46(38-48)44-18-6-4-7-19-44)29-17-30-55(63)49-25-15-23-47(39-49)45-20-8-5-9-21-45;/h4-40,43H,1-3H3;/q-3;/i36D,37D,40D;. The maximum Gasteiger partial charge on any atom is 0.135 e. The van der Waals surface area contributed by atoms with Crippen molar-refractivity contribution in [3.05, 3.63) is 249 Å². The fraction of sp³-hybridized carbons (Fsp3) is 0.0625. The fourth-order valence-electron chi connectivity index (χ4n) is 9.44. The van der Waals surface area contributed by atoms with Crippen molar-refractivity contribution < 1.29 is 29.9 Å². The predicted octanol–water partition coefficient (Wildman–Crippen LogP) is 16.9. The van der Waals surface area contributed by atoms with Crippen LogP contribution in [0.15, 0.2) is 225 Å². The molecule has 0 atom stereocenters. The summed E-state index contributed by atoms with van der Waals surface area (Å²) in [5, 5.41) is 1.85. The van der Waals surface area contributed by atoms with Crippen LogP contribution in [0.25, 0.3) is 72.1 Å². The first kappa shape index (κ1) is 41.0. The molecule has 1 aliphatic rings. The number of ether oxygens (including phenoxy) is 1. The van der Waals surface area contributed by atoms with Gasteiger partial charge in [-0.3, -0.25) is 0 Å². The Bertz CT molecular complexity index is 3770. The molecule has 6 heteroatoms. The Morgan fingerprint density at radius 2 is 1.09 bits per heavy atom. The van der Waals surface area contributed by atoms with Gasteiger partial charge in [-0.05, 0) is 92.2 Å². The number of anilines is 4. The normalized spacial score (nSPS) is 12.9. The van der Waals surface area contributed by atoms with Crippen molar-refractivity contribution in [3.63, 3.8) is 0 Å². The van der Waals surface area contributed by atoms with E-state index >= 15 is 0 Å². The second-order valence-electron chi connectivity index (χ2n) is 18.3. The third-order valence-electron chi connectivity index (χ3n) is 12.8. The van der Waals surface area contributed by atoms with E-state index in [1.165, 1.54) is 0 Å². The molecule has 0 saturated carbocycles. The molecule has 1 aliphatic heterocycles. The summed E-state index contributed by atoms with van der Waals surface area (Å²) in [6.07, 6.45) is -0.177. The number of hydrogen-bond acceptors (Lipinski definition) is 4. The number of para-hydroxylation sites is 4. The maximum atomic E-state index is 9.37. The van der Waals surface area contributed by atoms with Crippen LogP contribution in [0.2, 0.25) is 0 Å². The predicted molar refractivity (Wildman–Crippen MR) is 285 cm³/mol. The van der Waals surface area contributed by atoms with Crippen molar-refractivity contribution in [1.82, 2.24) is 9.55 Å². The molecular formula is C64H47N4OPt-3. The molecule has 2 aromatic heterocycles. The van der Waals surface area contributed by atoms with Crippen LogP contribution in [0.4, 0.5) is 22.7 Å². The van der Waals surface area contributed by atoms with E-state index in [0.717, 1.165) is 83.5 Å². The Balaban J connectivity index is 0.00000574. The maximum absolute atomic E-state index is 9.37. The smallest absolute Gasteiger partial charge is 0.135 e. The number of rotatable bonds is 9. The number of benzene rings is 9. The molecule has 0 amide bonds. The van der Waals surface area contributed by atoms with Crippen LogP contribution in [0, 0.1) is 18.8 Å². The Morgan fingerprint density at radius 3 is 1.76 bits per heavy atom. The summed E-state index contributed by atoms with van der Waals surface area (Å²) >= 11 is 0. The molecule has 0 spiro atoms. The van der Waals surface area contributed by atoms with Crippen LogP contribution in [0.3, 0.4) is 0 Å². The topological polar surface area (TPSA) is 33.5 Å². The van der Waals surface area contributed by atoms with Gasteiger partial charge in [0, 0.05) is 72.4 Å². The van der Waals surface area contributed by atoms with E-state index in [9.17, 15) is 1.37 Å². The van der Waals surface area contributed by atoms with Gasteiger partial charge in [0.1, 0.15) is 5.82 Å². The fourth-order valence-corrected chi connectivity index (χ4v) is 9.44. The van der Waals surface area contributed by atoms with E-state index in [-0.39, 0.29) is 45.1 Å². The second kappa shape index (κ2) is 18.5. The zero-order chi connectivity index (χ0) is 49.1. The largest absolute Gasteiger partial charge is 0.509 e. The molecule has 0 radical (unpaired) electrons. The van der Waals surface area contributed by atoms with Crippen LogP contribution in [0.5, 0.6) is 11.5 Å². The molecule has 9 aromatic carbocycles. The minimum absolute atomic E-state index is 0. The van der Waals surface area contributed by atoms with Crippen molar-refractivity contribution >= 4 is 44.6 Å². The molecule has 11 aromatic rings. The molecule has 70 heavy (non-hydrogen) atoms. The van der Waals surface area contributed by atoms with Gasteiger partial charge in [-0.25, -0.2) is 4.98 Å². The van der Waals surface area contributed by atoms with E-state index in [1.807, 2.05) is 92.1 Å². The molecule has 0 aliphatic carbocycles. The summed E-state index contributed by atoms with van der Waals surface area (Å²) in [5.41, 5.74) is 14.2. The Morgan fingerprint density at radius 1 is 0.529 bits per heavy atom. The molecule has 0 fully saturated rings. The second-order valence-corrected chi connectivity index (χ2v) is 18.3. The zero-order valence-corrected chi connectivity index (χ0v) is 41.0. The quantitative estimate of drug-likeness (QED) is 0.135. The van der Waals surface area contributed by atoms with E-state index in [2.05, 4.69) is 173 Å². The molecular weight excluding hydrogens is 1040 g/mol. The number of nitrogens with zero attached hydrogens (tertiary/aromatic N) is 4. The van der Waals surface area contributed by atoms with Crippen LogP contribution in [0.1, 0.15) is 30.4 Å². The average Bonchev–Trinajstić information content (AvgIpc) is 3.96. The van der Waals surface area contributed by atoms with Crippen LogP contribution in [-0.2, 0) is 26.5 Å². The van der Waals surface area contributed by atoms with E-state index in [4.69, 9.17) is 7.48 Å². The van der Waals surface area contributed by atoms with Crippen molar-refractivity contribution in [2.45, 2.75) is 26.2 Å². The molecule has 0 bridgehead atoms. The first-order valence-electron chi connectivity index (χ1n) is 24.7. The van der Waals surface area contributed by atoms with Gasteiger partial charge in [0.25, 0.3) is 0 Å². The first-order valence-corrected chi connectivity index (χ1v) is 23.2. The summed E-state index contributed by atoms with van der Waals surface area (Å²) in [5.74, 6) is 1.22. The van der Waals surface area contributed by atoms with E-state index in [1.54, 1.807) is 0 Å². The Kier molecular flexibility index (Phi) is 10.8. The molecule has 0 N–H and O–H groups in total. The van der Waals surface area contributed by atoms with Crippen LogP contribution in [-0.4, -0.2) is 9.55 Å². The van der Waals surface area contributed by atoms with Crippen molar-refractivity contribution in [3.8, 4) is 61.8 Å². The average molecular weight is 1090 g/mol. The number of aromatic nitrogens is 2. The summed E-state index contributed by atoms with van der Waals surface area (Å²) in [7, 11) is 0. The molecule has 0 saturated heterocycles. The third-order valence-corrected chi connectivity index (χ3v) is 12.8. The summed E-state index contributed by atoms with van der Waals surface area (Å²) in [6, 6.07) is 78.6. The van der Waals surface area contributed by atoms with Crippen molar-refractivity contribution in [1.29, 1.82) is 0 Å². The van der Waals surface area contributed by atoms with Gasteiger partial charge in [0.15, 0.2) is 0 Å². The van der Waals surface area contributed by atoms with Gasteiger partial charge in [-0.1, -0.05) is 172 Å². The van der Waals surface area contributed by atoms with Gasteiger partial charge < -0.3 is 19.1 Å². The summed E-state index contributed by atoms with van der Waals surface area (Å²) in [6.45, 7) is 8.03. The number of fused-ring (bicyclic) bond motifs is 4. The number of pyridine rings is 1. The van der Waals surface area contributed by atoms with Gasteiger partial charge in [-0.15, -0.1) is 48.1 Å². The molecule has 5 nitrogen and oxygen atoms in total. The van der Waals surface area contributed by atoms with Crippen LogP contribution >= 0.6 is 0 Å². The van der Waals surface area contributed by atoms with Gasteiger partial charge in [0.05, 0.1) is 4.11 Å². The van der Waals surface area contributed by atoms with Crippen molar-refractivity contribution in [2.75, 3.05) is 9.80 Å². The number of hydrogen-bond donors (Lipinski definition) is 0. The van der Waals surface area contributed by atoms with Gasteiger partial charge in [0.2, 0.25) is 0 Å². The van der Waals surface area contributed by atoms with E-state index in [0.29, 0.717) is 22.6 Å². The SMILES string of the molecule is [2H]c1nc(-n2c3[c-]c(Oc4[c-]c(N5[CH-]N(c6c(-c7cccc(-c8ccccc8)c7)cccc6-c6cccc(-c7ccccc7)c6)c6ccccc65)ccc4)ccc3c3ccccc32)c([2H])c(C(C)(C)C)c1[2H].[Pt].